The first kappa shape index (κ1) is 14.6. The Labute approximate surface area is 139 Å². The molecule has 2 N–H and O–H groups in total. The molecule has 2 heterocycles. The minimum atomic E-state index is -0.425. The SMILES string of the molecule is CCc1c[c]c2c3c(C(N)=O)cccc3n(Cc3ccco3)c2c1. The molecule has 24 heavy (non-hydrogen) atoms. The van der Waals surface area contributed by atoms with E-state index in [9.17, 15) is 4.79 Å². The number of carbonyl (C=O) groups excluding carboxylic acids is 1. The van der Waals surface area contributed by atoms with E-state index in [0.717, 1.165) is 34.0 Å². The molecule has 0 bridgehead atoms. The summed E-state index contributed by atoms with van der Waals surface area (Å²) in [5, 5.41) is 1.78. The zero-order valence-corrected chi connectivity index (χ0v) is 13.4. The summed E-state index contributed by atoms with van der Waals surface area (Å²) in [6, 6.07) is 16.9. The Kier molecular flexibility index (Phi) is 3.38. The number of rotatable bonds is 4. The molecule has 4 nitrogen and oxygen atoms in total. The molecular weight excluding hydrogens is 300 g/mol. The normalized spacial score (nSPS) is 11.4. The fourth-order valence-electron chi connectivity index (χ4n) is 3.24. The van der Waals surface area contributed by atoms with E-state index in [0.29, 0.717) is 12.1 Å². The maximum Gasteiger partial charge on any atom is 0.249 e. The second kappa shape index (κ2) is 5.57. The number of hydrogen-bond donors (Lipinski definition) is 1. The smallest absolute Gasteiger partial charge is 0.249 e. The van der Waals surface area contributed by atoms with Crippen molar-refractivity contribution in [2.75, 3.05) is 0 Å². The molecule has 0 aliphatic carbocycles. The second-order valence-electron chi connectivity index (χ2n) is 5.85. The van der Waals surface area contributed by atoms with Crippen LogP contribution in [0.1, 0.15) is 28.6 Å². The average Bonchev–Trinajstić information content (AvgIpc) is 3.21. The average molecular weight is 317 g/mol. The van der Waals surface area contributed by atoms with Crippen LogP contribution in [-0.2, 0) is 13.0 Å². The van der Waals surface area contributed by atoms with Gasteiger partial charge in [-0.2, -0.15) is 0 Å². The molecule has 2 aromatic heterocycles. The molecule has 2 aromatic carbocycles. The van der Waals surface area contributed by atoms with E-state index in [-0.39, 0.29) is 0 Å². The van der Waals surface area contributed by atoms with Gasteiger partial charge in [0.1, 0.15) is 5.76 Å². The van der Waals surface area contributed by atoms with Crippen LogP contribution in [-0.4, -0.2) is 10.5 Å². The zero-order valence-electron chi connectivity index (χ0n) is 13.4. The minimum Gasteiger partial charge on any atom is -0.467 e. The first-order valence-electron chi connectivity index (χ1n) is 7.96. The van der Waals surface area contributed by atoms with Gasteiger partial charge in [0.25, 0.3) is 0 Å². The van der Waals surface area contributed by atoms with E-state index >= 15 is 0 Å². The summed E-state index contributed by atoms with van der Waals surface area (Å²) in [7, 11) is 0. The van der Waals surface area contributed by atoms with Crippen molar-refractivity contribution in [3.8, 4) is 0 Å². The summed E-state index contributed by atoms with van der Waals surface area (Å²) in [5.41, 5.74) is 9.31. The molecule has 119 valence electrons. The summed E-state index contributed by atoms with van der Waals surface area (Å²) >= 11 is 0. The second-order valence-corrected chi connectivity index (χ2v) is 5.85. The number of benzene rings is 2. The summed E-state index contributed by atoms with van der Waals surface area (Å²) in [6.45, 7) is 2.71. The lowest BCUT2D eigenvalue weighted by Gasteiger charge is -2.06. The first-order valence-corrected chi connectivity index (χ1v) is 7.96. The zero-order chi connectivity index (χ0) is 16.7. The van der Waals surface area contributed by atoms with E-state index in [2.05, 4.69) is 23.6 Å². The molecule has 4 heteroatoms. The molecule has 0 saturated carbocycles. The molecule has 0 fully saturated rings. The van der Waals surface area contributed by atoms with Crippen LogP contribution in [0.2, 0.25) is 0 Å². The van der Waals surface area contributed by atoms with Gasteiger partial charge in [0.05, 0.1) is 23.8 Å². The van der Waals surface area contributed by atoms with Gasteiger partial charge in [-0.25, -0.2) is 0 Å². The monoisotopic (exact) mass is 317 g/mol. The predicted octanol–water partition coefficient (Wildman–Crippen LogP) is 3.90. The summed E-state index contributed by atoms with van der Waals surface area (Å²) in [6.07, 6.45) is 2.60. The van der Waals surface area contributed by atoms with Gasteiger partial charge in [-0.15, -0.1) is 0 Å². The van der Waals surface area contributed by atoms with Crippen molar-refractivity contribution in [3.63, 3.8) is 0 Å². The molecule has 1 amide bonds. The molecule has 4 rings (SSSR count). The molecule has 0 atom stereocenters. The number of primary amides is 1. The number of fused-ring (bicyclic) bond motifs is 3. The van der Waals surface area contributed by atoms with Gasteiger partial charge in [0, 0.05) is 16.3 Å². The van der Waals surface area contributed by atoms with Gasteiger partial charge in [-0.3, -0.25) is 4.79 Å². The van der Waals surface area contributed by atoms with E-state index in [1.54, 1.807) is 12.3 Å². The molecule has 0 unspecified atom stereocenters. The minimum absolute atomic E-state index is 0.425. The Morgan fingerprint density at radius 3 is 2.83 bits per heavy atom. The lowest BCUT2D eigenvalue weighted by Crippen LogP contribution is -2.11. The third-order valence-electron chi connectivity index (χ3n) is 4.42. The van der Waals surface area contributed by atoms with Gasteiger partial charge in [-0.1, -0.05) is 19.1 Å². The maximum absolute atomic E-state index is 11.9. The summed E-state index contributed by atoms with van der Waals surface area (Å²) < 4.78 is 7.67. The van der Waals surface area contributed by atoms with Crippen molar-refractivity contribution in [1.82, 2.24) is 4.57 Å². The highest BCUT2D eigenvalue weighted by Gasteiger charge is 2.17. The third-order valence-corrected chi connectivity index (χ3v) is 4.42. The van der Waals surface area contributed by atoms with Gasteiger partial charge >= 0.3 is 0 Å². The molecule has 0 aliphatic heterocycles. The van der Waals surface area contributed by atoms with E-state index in [1.165, 1.54) is 5.56 Å². The van der Waals surface area contributed by atoms with Gasteiger partial charge in [0.2, 0.25) is 5.91 Å². The van der Waals surface area contributed by atoms with Crippen LogP contribution in [0, 0.1) is 6.07 Å². The number of carbonyl (C=O) groups is 1. The van der Waals surface area contributed by atoms with Crippen LogP contribution < -0.4 is 5.73 Å². The maximum atomic E-state index is 11.9. The fraction of sp³-hybridized carbons (Fsp3) is 0.150. The van der Waals surface area contributed by atoms with Crippen molar-refractivity contribution in [2.24, 2.45) is 5.73 Å². The number of furan rings is 1. The van der Waals surface area contributed by atoms with Crippen LogP contribution in [0.3, 0.4) is 0 Å². The standard InChI is InChI=1S/C20H17N2O2/c1-2-13-8-9-15-18(11-13)22(12-14-5-4-10-24-14)17-7-3-6-16(19(15)17)20(21)23/h3-8,10-11H,2,12H2,1H3,(H2,21,23). The number of aromatic nitrogens is 1. The lowest BCUT2D eigenvalue weighted by atomic mass is 10.0. The number of aryl methyl sites for hydroxylation is 1. The Bertz CT molecular complexity index is 1040. The molecule has 1 radical (unpaired) electrons. The molecule has 0 aliphatic rings. The highest BCUT2D eigenvalue weighted by Crippen LogP contribution is 2.32. The number of hydrogen-bond acceptors (Lipinski definition) is 2. The van der Waals surface area contributed by atoms with Crippen molar-refractivity contribution < 1.29 is 9.21 Å². The van der Waals surface area contributed by atoms with Gasteiger partial charge in [-0.05, 0) is 48.4 Å². The van der Waals surface area contributed by atoms with E-state index in [4.69, 9.17) is 10.2 Å². The summed E-state index contributed by atoms with van der Waals surface area (Å²) in [4.78, 5) is 11.9. The van der Waals surface area contributed by atoms with E-state index < -0.39 is 5.91 Å². The number of nitrogens with two attached hydrogens (primary N) is 1. The van der Waals surface area contributed by atoms with Crippen LogP contribution in [0.25, 0.3) is 21.8 Å². The Balaban J connectivity index is 2.09. The highest BCUT2D eigenvalue weighted by atomic mass is 16.3. The highest BCUT2D eigenvalue weighted by molar-refractivity contribution is 6.17. The van der Waals surface area contributed by atoms with Crippen molar-refractivity contribution in [1.29, 1.82) is 0 Å². The Morgan fingerprint density at radius 1 is 1.25 bits per heavy atom. The van der Waals surface area contributed by atoms with E-state index in [1.807, 2.05) is 30.3 Å². The quantitative estimate of drug-likeness (QED) is 0.620. The summed E-state index contributed by atoms with van der Waals surface area (Å²) in [5.74, 6) is 0.436. The van der Waals surface area contributed by atoms with Gasteiger partial charge < -0.3 is 14.7 Å². The molecule has 4 aromatic rings. The predicted molar refractivity (Wildman–Crippen MR) is 94.0 cm³/mol. The number of amides is 1. The van der Waals surface area contributed by atoms with Crippen LogP contribution in [0.15, 0.2) is 53.1 Å². The third kappa shape index (κ3) is 2.19. The number of nitrogens with zero attached hydrogens (tertiary/aromatic N) is 1. The van der Waals surface area contributed by atoms with Crippen molar-refractivity contribution in [3.05, 3.63) is 71.7 Å². The fourth-order valence-corrected chi connectivity index (χ4v) is 3.24. The van der Waals surface area contributed by atoms with Crippen molar-refractivity contribution >= 4 is 27.7 Å². The van der Waals surface area contributed by atoms with Crippen LogP contribution in [0.5, 0.6) is 0 Å². The Morgan fingerprint density at radius 2 is 2.12 bits per heavy atom. The van der Waals surface area contributed by atoms with Crippen LogP contribution in [0.4, 0.5) is 0 Å². The lowest BCUT2D eigenvalue weighted by molar-refractivity contribution is 0.100. The first-order chi connectivity index (χ1) is 11.7. The van der Waals surface area contributed by atoms with Gasteiger partial charge in [0.15, 0.2) is 0 Å². The topological polar surface area (TPSA) is 61.2 Å². The molecule has 0 spiro atoms. The van der Waals surface area contributed by atoms with Crippen molar-refractivity contribution in [2.45, 2.75) is 19.9 Å². The molecule has 0 saturated heterocycles. The Hall–Kier alpha value is -3.01. The molecular formula is C20H17N2O2. The van der Waals surface area contributed by atoms with Crippen LogP contribution >= 0.6 is 0 Å². The largest absolute Gasteiger partial charge is 0.467 e.